The van der Waals surface area contributed by atoms with Crippen molar-refractivity contribution in [2.24, 2.45) is 17.1 Å². The Labute approximate surface area is 174 Å². The normalized spacial score (nSPS) is 15.9. The molecule has 1 heterocycles. The van der Waals surface area contributed by atoms with Gasteiger partial charge in [-0.3, -0.25) is 9.59 Å². The maximum absolute atomic E-state index is 12.4. The van der Waals surface area contributed by atoms with Crippen molar-refractivity contribution >= 4 is 28.2 Å². The molecule has 1 aliphatic carbocycles. The van der Waals surface area contributed by atoms with E-state index < -0.39 is 5.91 Å². The second kappa shape index (κ2) is 8.26. The molecular weight excluding hydrogens is 386 g/mol. The molecule has 2 aromatic rings. The van der Waals surface area contributed by atoms with Gasteiger partial charge in [0.05, 0.1) is 17.2 Å². The molecule has 1 aliphatic rings. The van der Waals surface area contributed by atoms with Crippen molar-refractivity contribution in [3.63, 3.8) is 0 Å². The zero-order valence-corrected chi connectivity index (χ0v) is 17.7. The van der Waals surface area contributed by atoms with E-state index in [1.54, 1.807) is 24.3 Å². The lowest BCUT2D eigenvalue weighted by molar-refractivity contribution is -0.118. The lowest BCUT2D eigenvalue weighted by atomic mass is 9.72. The van der Waals surface area contributed by atoms with E-state index in [4.69, 9.17) is 15.7 Å². The number of ether oxygens (including phenoxy) is 1. The molecule has 3 rings (SSSR count). The number of benzene rings is 1. The molecule has 1 unspecified atom stereocenters. The largest absolute Gasteiger partial charge is 0.484 e. The highest BCUT2D eigenvalue weighted by Gasteiger charge is 2.33. The van der Waals surface area contributed by atoms with Crippen molar-refractivity contribution in [1.82, 2.24) is 0 Å². The number of hydrogen-bond donors (Lipinski definition) is 2. The molecular formula is C22H25N3O3S. The van der Waals surface area contributed by atoms with Crippen LogP contribution in [0.2, 0.25) is 0 Å². The van der Waals surface area contributed by atoms with Crippen molar-refractivity contribution in [3.8, 4) is 11.8 Å². The summed E-state index contributed by atoms with van der Waals surface area (Å²) in [5, 5.41) is 12.1. The number of nitriles is 1. The lowest BCUT2D eigenvalue weighted by Gasteiger charge is -2.33. The molecule has 0 fully saturated rings. The summed E-state index contributed by atoms with van der Waals surface area (Å²) in [6.45, 7) is 6.49. The van der Waals surface area contributed by atoms with Gasteiger partial charge in [0.15, 0.2) is 6.61 Å². The van der Waals surface area contributed by atoms with Crippen LogP contribution in [0.25, 0.3) is 0 Å². The van der Waals surface area contributed by atoms with Crippen LogP contribution in [0, 0.1) is 22.7 Å². The molecule has 3 N–H and O–H groups in total. The number of hydrogen-bond acceptors (Lipinski definition) is 5. The van der Waals surface area contributed by atoms with Gasteiger partial charge in [0.25, 0.3) is 11.8 Å². The van der Waals surface area contributed by atoms with Gasteiger partial charge < -0.3 is 15.8 Å². The molecule has 0 bridgehead atoms. The number of carbonyl (C=O) groups excluding carboxylic acids is 2. The van der Waals surface area contributed by atoms with Gasteiger partial charge in [-0.1, -0.05) is 20.8 Å². The minimum Gasteiger partial charge on any atom is -0.484 e. The zero-order chi connectivity index (χ0) is 21.2. The van der Waals surface area contributed by atoms with Gasteiger partial charge in [0.1, 0.15) is 10.8 Å². The predicted octanol–water partition coefficient (Wildman–Crippen LogP) is 3.89. The van der Waals surface area contributed by atoms with E-state index in [0.29, 0.717) is 27.8 Å². The third-order valence-corrected chi connectivity index (χ3v) is 6.51. The Kier molecular flexibility index (Phi) is 5.94. The van der Waals surface area contributed by atoms with Crippen LogP contribution in [0.3, 0.4) is 0 Å². The minimum atomic E-state index is -0.514. The fourth-order valence-corrected chi connectivity index (χ4v) is 4.96. The molecule has 7 heteroatoms. The van der Waals surface area contributed by atoms with Gasteiger partial charge in [0.2, 0.25) is 0 Å². The summed E-state index contributed by atoms with van der Waals surface area (Å²) in [7, 11) is 0. The maximum atomic E-state index is 12.4. The maximum Gasteiger partial charge on any atom is 0.262 e. The van der Waals surface area contributed by atoms with Crippen LogP contribution in [-0.4, -0.2) is 18.4 Å². The van der Waals surface area contributed by atoms with Gasteiger partial charge >= 0.3 is 0 Å². The van der Waals surface area contributed by atoms with Crippen LogP contribution in [0.4, 0.5) is 5.00 Å². The molecule has 2 amide bonds. The molecule has 152 valence electrons. The summed E-state index contributed by atoms with van der Waals surface area (Å²) in [5.74, 6) is 0.147. The number of nitrogens with zero attached hydrogens (tertiary/aromatic N) is 1. The van der Waals surface area contributed by atoms with E-state index in [9.17, 15) is 9.59 Å². The van der Waals surface area contributed by atoms with Crippen molar-refractivity contribution in [2.75, 3.05) is 11.9 Å². The Bertz CT molecular complexity index is 965. The molecule has 6 nitrogen and oxygen atoms in total. The first kappa shape index (κ1) is 20.9. The standard InChI is InChI=1S/C22H25N3O3S/c1-22(2,3)14-6-9-16-17(10-14)29-21(19(16)20(24)27)25-18(26)12-28-15-7-4-13(11-23)5-8-15/h4-5,7-8,14H,6,9-10,12H2,1-3H3,(H2,24,27)(H,25,26). The molecule has 1 aromatic carbocycles. The summed E-state index contributed by atoms with van der Waals surface area (Å²) in [5.41, 5.74) is 7.75. The quantitative estimate of drug-likeness (QED) is 0.778. The van der Waals surface area contributed by atoms with Gasteiger partial charge in [-0.05, 0) is 60.4 Å². The third kappa shape index (κ3) is 4.77. The number of nitrogens with one attached hydrogen (secondary N) is 1. The van der Waals surface area contributed by atoms with E-state index in [0.717, 1.165) is 29.7 Å². The molecule has 0 aliphatic heterocycles. The summed E-state index contributed by atoms with van der Waals surface area (Å²) >= 11 is 1.44. The fourth-order valence-electron chi connectivity index (χ4n) is 3.61. The number of nitrogens with two attached hydrogens (primary N) is 1. The van der Waals surface area contributed by atoms with Crippen molar-refractivity contribution in [1.29, 1.82) is 5.26 Å². The fraction of sp³-hybridized carbons (Fsp3) is 0.409. The van der Waals surface area contributed by atoms with E-state index in [1.165, 1.54) is 11.3 Å². The second-order valence-electron chi connectivity index (χ2n) is 8.35. The Morgan fingerprint density at radius 1 is 1.31 bits per heavy atom. The van der Waals surface area contributed by atoms with E-state index in [1.807, 2.05) is 6.07 Å². The van der Waals surface area contributed by atoms with Crippen LogP contribution in [0.15, 0.2) is 24.3 Å². The highest BCUT2D eigenvalue weighted by atomic mass is 32.1. The van der Waals surface area contributed by atoms with Crippen molar-refractivity contribution in [3.05, 3.63) is 45.8 Å². The molecule has 0 saturated heterocycles. The Balaban J connectivity index is 1.71. The van der Waals surface area contributed by atoms with Gasteiger partial charge in [-0.15, -0.1) is 11.3 Å². The first-order chi connectivity index (χ1) is 13.7. The molecule has 1 atom stereocenters. The molecule has 0 spiro atoms. The second-order valence-corrected chi connectivity index (χ2v) is 9.46. The Hall–Kier alpha value is -2.85. The topological polar surface area (TPSA) is 105 Å². The van der Waals surface area contributed by atoms with Crippen LogP contribution >= 0.6 is 11.3 Å². The van der Waals surface area contributed by atoms with Gasteiger partial charge in [-0.25, -0.2) is 0 Å². The number of carbonyl (C=O) groups is 2. The number of primary amides is 1. The summed E-state index contributed by atoms with van der Waals surface area (Å²) in [6, 6.07) is 8.54. The molecule has 0 radical (unpaired) electrons. The van der Waals surface area contributed by atoms with Crippen LogP contribution in [-0.2, 0) is 17.6 Å². The number of anilines is 1. The number of amides is 2. The average molecular weight is 412 g/mol. The van der Waals surface area contributed by atoms with Crippen LogP contribution in [0.5, 0.6) is 5.75 Å². The van der Waals surface area contributed by atoms with Gasteiger partial charge in [0, 0.05) is 4.88 Å². The predicted molar refractivity (Wildman–Crippen MR) is 113 cm³/mol. The van der Waals surface area contributed by atoms with Gasteiger partial charge in [-0.2, -0.15) is 5.26 Å². The number of rotatable bonds is 5. The summed E-state index contributed by atoms with van der Waals surface area (Å²) in [6.07, 6.45) is 2.69. The monoisotopic (exact) mass is 411 g/mol. The first-order valence-corrected chi connectivity index (χ1v) is 10.4. The average Bonchev–Trinajstić information content (AvgIpc) is 3.03. The third-order valence-electron chi connectivity index (χ3n) is 5.34. The van der Waals surface area contributed by atoms with Crippen molar-refractivity contribution < 1.29 is 14.3 Å². The van der Waals surface area contributed by atoms with E-state index in [-0.39, 0.29) is 17.9 Å². The van der Waals surface area contributed by atoms with Crippen LogP contribution < -0.4 is 15.8 Å². The number of thiophene rings is 1. The smallest absolute Gasteiger partial charge is 0.262 e. The van der Waals surface area contributed by atoms with Crippen LogP contribution in [0.1, 0.15) is 53.6 Å². The molecule has 1 aromatic heterocycles. The number of fused-ring (bicyclic) bond motifs is 1. The highest BCUT2D eigenvalue weighted by Crippen LogP contribution is 2.44. The van der Waals surface area contributed by atoms with E-state index in [2.05, 4.69) is 26.1 Å². The highest BCUT2D eigenvalue weighted by molar-refractivity contribution is 7.17. The Morgan fingerprint density at radius 3 is 2.59 bits per heavy atom. The molecule has 0 saturated carbocycles. The minimum absolute atomic E-state index is 0.187. The summed E-state index contributed by atoms with van der Waals surface area (Å²) in [4.78, 5) is 25.6. The zero-order valence-electron chi connectivity index (χ0n) is 16.9. The van der Waals surface area contributed by atoms with E-state index >= 15 is 0 Å². The molecule has 29 heavy (non-hydrogen) atoms. The SMILES string of the molecule is CC(C)(C)C1CCc2c(sc(NC(=O)COc3ccc(C#N)cc3)c2C(N)=O)C1. The Morgan fingerprint density at radius 2 is 2.00 bits per heavy atom. The lowest BCUT2D eigenvalue weighted by Crippen LogP contribution is -2.27. The first-order valence-electron chi connectivity index (χ1n) is 9.56. The summed E-state index contributed by atoms with van der Waals surface area (Å²) < 4.78 is 5.47. The van der Waals surface area contributed by atoms with Crippen molar-refractivity contribution in [2.45, 2.75) is 40.0 Å².